The summed E-state index contributed by atoms with van der Waals surface area (Å²) >= 11 is 6.20. The minimum absolute atomic E-state index is 0.101. The number of methoxy groups -OCH3 is 1. The van der Waals surface area contributed by atoms with Crippen molar-refractivity contribution in [3.63, 3.8) is 0 Å². The maximum absolute atomic E-state index is 12.4. The first-order chi connectivity index (χ1) is 11.6. The Hall–Kier alpha value is -2.04. The number of carbonyl (C=O) groups excluding carboxylic acids is 1. The van der Waals surface area contributed by atoms with Gasteiger partial charge in [-0.3, -0.25) is 4.79 Å². The first kappa shape index (κ1) is 18.3. The fourth-order valence-electron chi connectivity index (χ4n) is 2.52. The second-order valence-electron chi connectivity index (χ2n) is 5.53. The van der Waals surface area contributed by atoms with Crippen LogP contribution in [0.2, 0.25) is 5.02 Å². The molecule has 0 radical (unpaired) electrons. The number of nitrogens with one attached hydrogen (secondary N) is 1. The van der Waals surface area contributed by atoms with Gasteiger partial charge in [0.1, 0.15) is 5.75 Å². The zero-order valence-electron chi connectivity index (χ0n) is 13.7. The van der Waals surface area contributed by atoms with Crippen LogP contribution in [0.3, 0.4) is 0 Å². The van der Waals surface area contributed by atoms with E-state index in [0.717, 1.165) is 11.1 Å². The van der Waals surface area contributed by atoms with Crippen molar-refractivity contribution in [3.8, 4) is 5.75 Å². The molecule has 0 aliphatic carbocycles. The Balaban J connectivity index is 2.05. The van der Waals surface area contributed by atoms with E-state index in [9.17, 15) is 4.79 Å². The first-order valence-electron chi connectivity index (χ1n) is 7.91. The minimum Gasteiger partial charge on any atom is -0.497 e. The summed E-state index contributed by atoms with van der Waals surface area (Å²) in [6, 6.07) is 14.9. The molecule has 2 N–H and O–H groups in total. The van der Waals surface area contributed by atoms with Gasteiger partial charge in [0.2, 0.25) is 5.91 Å². The summed E-state index contributed by atoms with van der Waals surface area (Å²) in [7, 11) is 1.57. The number of ether oxygens (including phenoxy) is 1. The number of aliphatic hydroxyl groups excluding tert-OH is 1. The van der Waals surface area contributed by atoms with Gasteiger partial charge in [-0.15, -0.1) is 0 Å². The lowest BCUT2D eigenvalue weighted by Gasteiger charge is -2.19. The minimum atomic E-state index is -0.122. The summed E-state index contributed by atoms with van der Waals surface area (Å²) < 4.78 is 5.11. The van der Waals surface area contributed by atoms with E-state index in [-0.39, 0.29) is 25.0 Å². The maximum Gasteiger partial charge on any atom is 0.224 e. The van der Waals surface area contributed by atoms with Crippen LogP contribution in [0.15, 0.2) is 48.5 Å². The summed E-state index contributed by atoms with van der Waals surface area (Å²) in [5.41, 5.74) is 1.78. The molecule has 1 atom stereocenters. The van der Waals surface area contributed by atoms with E-state index in [4.69, 9.17) is 21.4 Å². The number of benzene rings is 2. The number of aliphatic hydroxyl groups is 1. The van der Waals surface area contributed by atoms with E-state index in [0.29, 0.717) is 23.6 Å². The number of amides is 1. The molecule has 2 rings (SSSR count). The van der Waals surface area contributed by atoms with Crippen LogP contribution in [0.5, 0.6) is 5.75 Å². The van der Waals surface area contributed by atoms with E-state index < -0.39 is 0 Å². The molecule has 1 unspecified atom stereocenters. The van der Waals surface area contributed by atoms with Crippen molar-refractivity contribution < 1.29 is 14.6 Å². The summed E-state index contributed by atoms with van der Waals surface area (Å²) in [5.74, 6) is 0.558. The van der Waals surface area contributed by atoms with Crippen molar-refractivity contribution in [2.75, 3.05) is 13.7 Å². The number of halogens is 1. The van der Waals surface area contributed by atoms with Crippen molar-refractivity contribution in [2.24, 2.45) is 0 Å². The summed E-state index contributed by atoms with van der Waals surface area (Å²) in [6.07, 6.45) is 1.51. The van der Waals surface area contributed by atoms with Crippen molar-refractivity contribution in [1.29, 1.82) is 0 Å². The Labute approximate surface area is 147 Å². The third kappa shape index (κ3) is 5.25. The van der Waals surface area contributed by atoms with Gasteiger partial charge in [0, 0.05) is 11.6 Å². The molecule has 0 saturated carbocycles. The van der Waals surface area contributed by atoms with Crippen LogP contribution in [0, 0.1) is 0 Å². The monoisotopic (exact) mass is 347 g/mol. The lowest BCUT2D eigenvalue weighted by molar-refractivity contribution is -0.121. The number of hydrogen-bond donors (Lipinski definition) is 2. The second kappa shape index (κ2) is 9.30. The van der Waals surface area contributed by atoms with E-state index in [2.05, 4.69) is 5.32 Å². The van der Waals surface area contributed by atoms with Crippen LogP contribution in [0.1, 0.15) is 30.0 Å². The first-order valence-corrected chi connectivity index (χ1v) is 8.29. The highest BCUT2D eigenvalue weighted by molar-refractivity contribution is 6.31. The summed E-state index contributed by atoms with van der Waals surface area (Å²) in [5, 5.41) is 12.6. The Morgan fingerprint density at radius 1 is 1.25 bits per heavy atom. The highest BCUT2D eigenvalue weighted by atomic mass is 35.5. The van der Waals surface area contributed by atoms with E-state index >= 15 is 0 Å². The van der Waals surface area contributed by atoms with E-state index in [1.807, 2.05) is 30.3 Å². The van der Waals surface area contributed by atoms with Crippen LogP contribution >= 0.6 is 11.6 Å². The lowest BCUT2D eigenvalue weighted by atomic mass is 10.0. The van der Waals surface area contributed by atoms with Gasteiger partial charge in [0.25, 0.3) is 0 Å². The molecule has 24 heavy (non-hydrogen) atoms. The molecule has 0 heterocycles. The zero-order valence-corrected chi connectivity index (χ0v) is 14.4. The molecule has 0 aromatic heterocycles. The third-order valence-corrected chi connectivity index (χ3v) is 4.15. The molecule has 0 saturated heterocycles. The smallest absolute Gasteiger partial charge is 0.224 e. The van der Waals surface area contributed by atoms with Gasteiger partial charge in [-0.05, 0) is 36.1 Å². The second-order valence-corrected chi connectivity index (χ2v) is 5.94. The Kier molecular flexibility index (Phi) is 7.09. The molecule has 0 fully saturated rings. The molecule has 4 nitrogen and oxygen atoms in total. The lowest BCUT2D eigenvalue weighted by Crippen LogP contribution is -2.30. The predicted octanol–water partition coefficient (Wildman–Crippen LogP) is 3.52. The predicted molar refractivity (Wildman–Crippen MR) is 95.4 cm³/mol. The normalized spacial score (nSPS) is 11.8. The van der Waals surface area contributed by atoms with Crippen molar-refractivity contribution in [1.82, 2.24) is 5.32 Å². The molecule has 2 aromatic rings. The molecule has 0 spiro atoms. The SMILES string of the molecule is COc1ccc(CC(=O)NC(CCCO)c2ccccc2)c(Cl)c1. The Morgan fingerprint density at radius 2 is 2.00 bits per heavy atom. The molecular weight excluding hydrogens is 326 g/mol. The molecule has 0 aliphatic rings. The fraction of sp³-hybridized carbons (Fsp3) is 0.316. The average molecular weight is 348 g/mol. The molecular formula is C19H22ClNO3. The Bertz CT molecular complexity index is 661. The average Bonchev–Trinajstić information content (AvgIpc) is 2.61. The Morgan fingerprint density at radius 3 is 2.62 bits per heavy atom. The largest absolute Gasteiger partial charge is 0.497 e. The summed E-state index contributed by atoms with van der Waals surface area (Å²) in [4.78, 5) is 12.4. The number of carbonyl (C=O) groups is 1. The highest BCUT2D eigenvalue weighted by Crippen LogP contribution is 2.23. The maximum atomic E-state index is 12.4. The van der Waals surface area contributed by atoms with Crippen LogP contribution < -0.4 is 10.1 Å². The summed E-state index contributed by atoms with van der Waals surface area (Å²) in [6.45, 7) is 0.101. The third-order valence-electron chi connectivity index (χ3n) is 3.80. The van der Waals surface area contributed by atoms with Gasteiger partial charge >= 0.3 is 0 Å². The van der Waals surface area contributed by atoms with Gasteiger partial charge in [-0.2, -0.15) is 0 Å². The van der Waals surface area contributed by atoms with Crippen molar-refractivity contribution in [2.45, 2.75) is 25.3 Å². The molecule has 0 bridgehead atoms. The van der Waals surface area contributed by atoms with Crippen molar-refractivity contribution >= 4 is 17.5 Å². The van der Waals surface area contributed by atoms with Crippen LogP contribution in [0.25, 0.3) is 0 Å². The van der Waals surface area contributed by atoms with Crippen molar-refractivity contribution in [3.05, 3.63) is 64.7 Å². The molecule has 1 amide bonds. The van der Waals surface area contributed by atoms with E-state index in [1.165, 1.54) is 0 Å². The number of hydrogen-bond acceptors (Lipinski definition) is 3. The van der Waals surface area contributed by atoms with Gasteiger partial charge in [-0.25, -0.2) is 0 Å². The van der Waals surface area contributed by atoms with Crippen LogP contribution in [0.4, 0.5) is 0 Å². The molecule has 128 valence electrons. The fourth-order valence-corrected chi connectivity index (χ4v) is 2.76. The molecule has 0 aliphatic heterocycles. The number of rotatable bonds is 8. The zero-order chi connectivity index (χ0) is 17.4. The van der Waals surface area contributed by atoms with E-state index in [1.54, 1.807) is 25.3 Å². The van der Waals surface area contributed by atoms with Crippen LogP contribution in [-0.4, -0.2) is 24.7 Å². The van der Waals surface area contributed by atoms with Gasteiger partial charge in [0.15, 0.2) is 0 Å². The van der Waals surface area contributed by atoms with Gasteiger partial charge in [-0.1, -0.05) is 48.0 Å². The van der Waals surface area contributed by atoms with Gasteiger partial charge < -0.3 is 15.2 Å². The quantitative estimate of drug-likeness (QED) is 0.768. The topological polar surface area (TPSA) is 58.6 Å². The highest BCUT2D eigenvalue weighted by Gasteiger charge is 2.15. The molecule has 2 aromatic carbocycles. The standard InChI is InChI=1S/C19H22ClNO3/c1-24-16-10-9-15(17(20)13-16)12-19(23)21-18(8-5-11-22)14-6-3-2-4-7-14/h2-4,6-7,9-10,13,18,22H,5,8,11-12H2,1H3,(H,21,23). The molecule has 5 heteroatoms. The van der Waals surface area contributed by atoms with Gasteiger partial charge in [0.05, 0.1) is 19.6 Å². The van der Waals surface area contributed by atoms with Crippen LogP contribution in [-0.2, 0) is 11.2 Å².